The molecule has 4 rings (SSSR count). The van der Waals surface area contributed by atoms with E-state index in [9.17, 15) is 9.59 Å². The van der Waals surface area contributed by atoms with E-state index in [2.05, 4.69) is 20.4 Å². The molecule has 134 valence electrons. The van der Waals surface area contributed by atoms with Crippen molar-refractivity contribution < 1.29 is 4.79 Å². The van der Waals surface area contributed by atoms with E-state index >= 15 is 0 Å². The smallest absolute Gasteiger partial charge is 0.271 e. The van der Waals surface area contributed by atoms with Gasteiger partial charge in [0.15, 0.2) is 0 Å². The summed E-state index contributed by atoms with van der Waals surface area (Å²) in [6.45, 7) is 0.516. The molecule has 0 spiro atoms. The minimum Gasteiger partial charge on any atom is -0.349 e. The molecule has 1 aromatic carbocycles. The van der Waals surface area contributed by atoms with Crippen LogP contribution in [0.4, 0.5) is 0 Å². The highest BCUT2D eigenvalue weighted by Gasteiger charge is 2.11. The van der Waals surface area contributed by atoms with Gasteiger partial charge in [-0.3, -0.25) is 14.0 Å². The van der Waals surface area contributed by atoms with Crippen LogP contribution in [0.3, 0.4) is 0 Å². The van der Waals surface area contributed by atoms with Crippen LogP contribution in [0.25, 0.3) is 17.0 Å². The number of imidazole rings is 1. The van der Waals surface area contributed by atoms with Gasteiger partial charge >= 0.3 is 0 Å². The number of nitrogens with one attached hydrogen (secondary N) is 1. The normalized spacial score (nSPS) is 10.8. The van der Waals surface area contributed by atoms with Crippen molar-refractivity contribution in [2.45, 2.75) is 6.54 Å². The van der Waals surface area contributed by atoms with Crippen molar-refractivity contribution in [3.05, 3.63) is 83.2 Å². The van der Waals surface area contributed by atoms with Crippen LogP contribution in [-0.2, 0) is 6.54 Å². The molecule has 0 bridgehead atoms. The summed E-state index contributed by atoms with van der Waals surface area (Å²) in [4.78, 5) is 32.5. The summed E-state index contributed by atoms with van der Waals surface area (Å²) in [6, 6.07) is 14.5. The van der Waals surface area contributed by atoms with Gasteiger partial charge in [-0.1, -0.05) is 30.3 Å². The van der Waals surface area contributed by atoms with Crippen molar-refractivity contribution in [3.63, 3.8) is 0 Å². The van der Waals surface area contributed by atoms with Crippen molar-refractivity contribution in [1.82, 2.24) is 29.5 Å². The zero-order valence-corrected chi connectivity index (χ0v) is 14.3. The summed E-state index contributed by atoms with van der Waals surface area (Å²) in [5, 5.41) is 7.12. The Labute approximate surface area is 154 Å². The topological polar surface area (TPSA) is 94.2 Å². The number of rotatable bonds is 5. The molecule has 0 radical (unpaired) electrons. The highest BCUT2D eigenvalue weighted by atomic mass is 16.2. The average molecular weight is 360 g/mol. The largest absolute Gasteiger partial charge is 0.349 e. The van der Waals surface area contributed by atoms with E-state index in [0.29, 0.717) is 11.5 Å². The maximum absolute atomic E-state index is 12.3. The lowest BCUT2D eigenvalue weighted by molar-refractivity contribution is 0.0947. The van der Waals surface area contributed by atoms with Crippen LogP contribution < -0.4 is 10.9 Å². The van der Waals surface area contributed by atoms with Crippen molar-refractivity contribution in [2.24, 2.45) is 0 Å². The summed E-state index contributed by atoms with van der Waals surface area (Å²) in [7, 11) is 0. The number of benzene rings is 1. The van der Waals surface area contributed by atoms with Gasteiger partial charge in [-0.15, -0.1) is 0 Å². The molecule has 0 atom stereocenters. The number of amides is 1. The SMILES string of the molecule is O=C(NCCn1nc(-c2ccccc2)ccc1=O)c1cn2cccnc2n1. The molecule has 1 amide bonds. The molecule has 8 heteroatoms. The number of hydrogen-bond acceptors (Lipinski definition) is 5. The molecule has 0 aliphatic carbocycles. The molecule has 0 aliphatic rings. The van der Waals surface area contributed by atoms with Gasteiger partial charge in [0.25, 0.3) is 11.5 Å². The molecule has 0 saturated heterocycles. The Morgan fingerprint density at radius 2 is 1.93 bits per heavy atom. The molecule has 8 nitrogen and oxygen atoms in total. The number of hydrogen-bond donors (Lipinski definition) is 1. The van der Waals surface area contributed by atoms with Crippen LogP contribution in [0.1, 0.15) is 10.5 Å². The second-order valence-electron chi connectivity index (χ2n) is 5.85. The van der Waals surface area contributed by atoms with Gasteiger partial charge in [0.1, 0.15) is 5.69 Å². The van der Waals surface area contributed by atoms with E-state index in [-0.39, 0.29) is 30.2 Å². The zero-order chi connectivity index (χ0) is 18.6. The van der Waals surface area contributed by atoms with Crippen LogP contribution in [0, 0.1) is 0 Å². The van der Waals surface area contributed by atoms with E-state index in [0.717, 1.165) is 5.56 Å². The van der Waals surface area contributed by atoms with E-state index in [1.807, 2.05) is 30.3 Å². The molecule has 0 aliphatic heterocycles. The van der Waals surface area contributed by atoms with Gasteiger partial charge < -0.3 is 5.32 Å². The van der Waals surface area contributed by atoms with Crippen LogP contribution in [0.5, 0.6) is 0 Å². The summed E-state index contributed by atoms with van der Waals surface area (Å²) in [5.41, 5.74) is 1.67. The Balaban J connectivity index is 1.44. The predicted octanol–water partition coefficient (Wildman–Crippen LogP) is 1.38. The third kappa shape index (κ3) is 3.59. The Hall–Kier alpha value is -3.81. The lowest BCUT2D eigenvalue weighted by atomic mass is 10.1. The summed E-state index contributed by atoms with van der Waals surface area (Å²) >= 11 is 0. The first-order chi connectivity index (χ1) is 13.2. The van der Waals surface area contributed by atoms with Crippen LogP contribution >= 0.6 is 0 Å². The van der Waals surface area contributed by atoms with E-state index in [1.54, 1.807) is 35.1 Å². The second kappa shape index (κ2) is 7.20. The van der Waals surface area contributed by atoms with Crippen molar-refractivity contribution >= 4 is 11.7 Å². The Morgan fingerprint density at radius 3 is 2.74 bits per heavy atom. The third-order valence-corrected chi connectivity index (χ3v) is 4.01. The molecule has 3 aromatic heterocycles. The highest BCUT2D eigenvalue weighted by molar-refractivity contribution is 5.92. The summed E-state index contributed by atoms with van der Waals surface area (Å²) < 4.78 is 3.01. The first kappa shape index (κ1) is 16.6. The minimum absolute atomic E-state index is 0.221. The lowest BCUT2D eigenvalue weighted by Gasteiger charge is -2.08. The predicted molar refractivity (Wildman–Crippen MR) is 99.3 cm³/mol. The summed E-state index contributed by atoms with van der Waals surface area (Å²) in [6.07, 6.45) is 4.99. The first-order valence-corrected chi connectivity index (χ1v) is 8.42. The van der Waals surface area contributed by atoms with Gasteiger partial charge in [-0.25, -0.2) is 14.6 Å². The maximum Gasteiger partial charge on any atom is 0.271 e. The second-order valence-corrected chi connectivity index (χ2v) is 5.85. The molecule has 3 heterocycles. The van der Waals surface area contributed by atoms with E-state index < -0.39 is 0 Å². The third-order valence-electron chi connectivity index (χ3n) is 4.01. The standard InChI is InChI=1S/C19H16N6O2/c26-17-8-7-15(14-5-2-1-3-6-14)23-25(17)12-10-20-18(27)16-13-24-11-4-9-21-19(24)22-16/h1-9,11,13H,10,12H2,(H,20,27). The molecular weight excluding hydrogens is 344 g/mol. The molecule has 1 N–H and O–H groups in total. The van der Waals surface area contributed by atoms with Crippen molar-refractivity contribution in [1.29, 1.82) is 0 Å². The number of fused-ring (bicyclic) bond motifs is 1. The number of aromatic nitrogens is 5. The fraction of sp³-hybridized carbons (Fsp3) is 0.105. The molecule has 0 unspecified atom stereocenters. The molecule has 0 saturated carbocycles. The number of carbonyl (C=O) groups is 1. The number of carbonyl (C=O) groups excluding carboxylic acids is 1. The highest BCUT2D eigenvalue weighted by Crippen LogP contribution is 2.13. The van der Waals surface area contributed by atoms with Crippen molar-refractivity contribution in [2.75, 3.05) is 6.54 Å². The zero-order valence-electron chi connectivity index (χ0n) is 14.3. The van der Waals surface area contributed by atoms with Gasteiger partial charge in [0, 0.05) is 36.8 Å². The lowest BCUT2D eigenvalue weighted by Crippen LogP contribution is -2.32. The minimum atomic E-state index is -0.326. The quantitative estimate of drug-likeness (QED) is 0.580. The van der Waals surface area contributed by atoms with Gasteiger partial charge in [0.2, 0.25) is 5.78 Å². The fourth-order valence-corrected chi connectivity index (χ4v) is 2.68. The van der Waals surface area contributed by atoms with Crippen LogP contribution in [-0.4, -0.2) is 36.6 Å². The number of nitrogens with zero attached hydrogens (tertiary/aromatic N) is 5. The molecular formula is C19H16N6O2. The van der Waals surface area contributed by atoms with E-state index in [4.69, 9.17) is 0 Å². The van der Waals surface area contributed by atoms with E-state index in [1.165, 1.54) is 10.7 Å². The Bertz CT molecular complexity index is 1120. The molecule has 0 fully saturated rings. The van der Waals surface area contributed by atoms with Crippen LogP contribution in [0.15, 0.2) is 71.9 Å². The Kier molecular flexibility index (Phi) is 4.44. The monoisotopic (exact) mass is 360 g/mol. The van der Waals surface area contributed by atoms with Crippen molar-refractivity contribution in [3.8, 4) is 11.3 Å². The first-order valence-electron chi connectivity index (χ1n) is 8.42. The Morgan fingerprint density at radius 1 is 1.07 bits per heavy atom. The average Bonchev–Trinajstić information content (AvgIpc) is 3.14. The van der Waals surface area contributed by atoms with Gasteiger partial charge in [-0.2, -0.15) is 5.10 Å². The molecule has 27 heavy (non-hydrogen) atoms. The summed E-state index contributed by atoms with van der Waals surface area (Å²) in [5.74, 6) is 0.129. The van der Waals surface area contributed by atoms with Crippen LogP contribution in [0.2, 0.25) is 0 Å². The molecule has 4 aromatic rings. The fourth-order valence-electron chi connectivity index (χ4n) is 2.68. The maximum atomic E-state index is 12.3. The van der Waals surface area contributed by atoms with Gasteiger partial charge in [0.05, 0.1) is 12.2 Å². The van der Waals surface area contributed by atoms with Gasteiger partial charge in [-0.05, 0) is 12.1 Å².